The molecule has 0 radical (unpaired) electrons. The Hall–Kier alpha value is -1.23. The van der Waals surface area contributed by atoms with Crippen molar-refractivity contribution in [2.45, 2.75) is 13.0 Å². The Balaban J connectivity index is 2.21. The standard InChI is InChI=1S/C14H19N3S/c1-17(2)9-11-4-3-5-12(8-11)14-16-13(6-7-15)10-18-14/h3-5,8,10H,6-7,9,15H2,1-2H3. The summed E-state index contributed by atoms with van der Waals surface area (Å²) >= 11 is 1.69. The van der Waals surface area contributed by atoms with Crippen molar-refractivity contribution in [3.8, 4) is 10.6 Å². The molecule has 3 nitrogen and oxygen atoms in total. The minimum Gasteiger partial charge on any atom is -0.330 e. The minimum atomic E-state index is 0.657. The third kappa shape index (κ3) is 3.38. The molecule has 1 aromatic carbocycles. The zero-order valence-electron chi connectivity index (χ0n) is 10.9. The lowest BCUT2D eigenvalue weighted by Crippen LogP contribution is -2.10. The van der Waals surface area contributed by atoms with E-state index in [-0.39, 0.29) is 0 Å². The predicted molar refractivity (Wildman–Crippen MR) is 77.7 cm³/mol. The van der Waals surface area contributed by atoms with E-state index in [0.29, 0.717) is 6.54 Å². The quantitative estimate of drug-likeness (QED) is 0.898. The third-order valence-corrected chi connectivity index (χ3v) is 3.57. The van der Waals surface area contributed by atoms with Crippen LogP contribution >= 0.6 is 11.3 Å². The Morgan fingerprint density at radius 3 is 2.89 bits per heavy atom. The van der Waals surface area contributed by atoms with Gasteiger partial charge in [-0.15, -0.1) is 11.3 Å². The van der Waals surface area contributed by atoms with Gasteiger partial charge in [-0.3, -0.25) is 0 Å². The van der Waals surface area contributed by atoms with E-state index in [2.05, 4.69) is 53.6 Å². The highest BCUT2D eigenvalue weighted by molar-refractivity contribution is 7.13. The molecule has 96 valence electrons. The lowest BCUT2D eigenvalue weighted by Gasteiger charge is -2.10. The first kappa shape index (κ1) is 13.2. The van der Waals surface area contributed by atoms with E-state index in [1.165, 1.54) is 11.1 Å². The Kier molecular flexibility index (Phi) is 4.47. The van der Waals surface area contributed by atoms with Gasteiger partial charge in [-0.1, -0.05) is 18.2 Å². The molecular weight excluding hydrogens is 242 g/mol. The van der Waals surface area contributed by atoms with Crippen LogP contribution in [-0.2, 0) is 13.0 Å². The van der Waals surface area contributed by atoms with Crippen LogP contribution in [0.5, 0.6) is 0 Å². The van der Waals surface area contributed by atoms with E-state index in [1.54, 1.807) is 11.3 Å². The molecule has 0 atom stereocenters. The average molecular weight is 261 g/mol. The summed E-state index contributed by atoms with van der Waals surface area (Å²) < 4.78 is 0. The fourth-order valence-electron chi connectivity index (χ4n) is 1.87. The second kappa shape index (κ2) is 6.09. The fourth-order valence-corrected chi connectivity index (χ4v) is 2.72. The molecule has 4 heteroatoms. The topological polar surface area (TPSA) is 42.2 Å². The highest BCUT2D eigenvalue weighted by atomic mass is 32.1. The molecule has 2 N–H and O–H groups in total. The normalized spacial score (nSPS) is 11.1. The van der Waals surface area contributed by atoms with Gasteiger partial charge in [0.15, 0.2) is 0 Å². The molecule has 0 spiro atoms. The van der Waals surface area contributed by atoms with Crippen molar-refractivity contribution in [1.82, 2.24) is 9.88 Å². The van der Waals surface area contributed by atoms with Crippen LogP contribution in [0.1, 0.15) is 11.3 Å². The summed E-state index contributed by atoms with van der Waals surface area (Å²) in [5.41, 5.74) is 9.15. The van der Waals surface area contributed by atoms with Crippen LogP contribution in [0.4, 0.5) is 0 Å². The first-order chi connectivity index (χ1) is 8.69. The Labute approximate surface area is 112 Å². The van der Waals surface area contributed by atoms with Gasteiger partial charge in [-0.25, -0.2) is 4.98 Å². The number of aromatic nitrogens is 1. The molecule has 0 aliphatic carbocycles. The van der Waals surface area contributed by atoms with Gasteiger partial charge in [0.1, 0.15) is 5.01 Å². The number of thiazole rings is 1. The van der Waals surface area contributed by atoms with Gasteiger partial charge in [0.2, 0.25) is 0 Å². The Bertz CT molecular complexity index is 505. The monoisotopic (exact) mass is 261 g/mol. The van der Waals surface area contributed by atoms with Gasteiger partial charge in [0, 0.05) is 23.9 Å². The predicted octanol–water partition coefficient (Wildman–Crippen LogP) is 2.37. The summed E-state index contributed by atoms with van der Waals surface area (Å²) in [6.07, 6.45) is 0.855. The molecule has 2 aromatic rings. The summed E-state index contributed by atoms with van der Waals surface area (Å²) in [4.78, 5) is 6.78. The van der Waals surface area contributed by atoms with Crippen molar-refractivity contribution in [2.75, 3.05) is 20.6 Å². The number of hydrogen-bond donors (Lipinski definition) is 1. The molecular formula is C14H19N3S. The first-order valence-corrected chi connectivity index (χ1v) is 6.95. The van der Waals surface area contributed by atoms with E-state index < -0.39 is 0 Å². The molecule has 1 heterocycles. The largest absolute Gasteiger partial charge is 0.330 e. The van der Waals surface area contributed by atoms with Crippen LogP contribution in [-0.4, -0.2) is 30.5 Å². The molecule has 18 heavy (non-hydrogen) atoms. The third-order valence-electron chi connectivity index (χ3n) is 2.62. The first-order valence-electron chi connectivity index (χ1n) is 6.07. The van der Waals surface area contributed by atoms with Crippen molar-refractivity contribution in [3.63, 3.8) is 0 Å². The molecule has 0 aliphatic heterocycles. The van der Waals surface area contributed by atoms with Crippen LogP contribution in [0.15, 0.2) is 29.6 Å². The number of nitrogens with zero attached hydrogens (tertiary/aromatic N) is 2. The second-order valence-electron chi connectivity index (χ2n) is 4.62. The zero-order valence-corrected chi connectivity index (χ0v) is 11.7. The molecule has 2 rings (SSSR count). The van der Waals surface area contributed by atoms with Crippen LogP contribution in [0.25, 0.3) is 10.6 Å². The Morgan fingerprint density at radius 2 is 2.17 bits per heavy atom. The smallest absolute Gasteiger partial charge is 0.123 e. The van der Waals surface area contributed by atoms with Crippen molar-refractivity contribution < 1.29 is 0 Å². The van der Waals surface area contributed by atoms with E-state index >= 15 is 0 Å². The molecule has 0 amide bonds. The highest BCUT2D eigenvalue weighted by Gasteiger charge is 2.05. The van der Waals surface area contributed by atoms with Gasteiger partial charge in [0.25, 0.3) is 0 Å². The van der Waals surface area contributed by atoms with Crippen molar-refractivity contribution in [1.29, 1.82) is 0 Å². The molecule has 0 bridgehead atoms. The number of nitrogens with two attached hydrogens (primary N) is 1. The summed E-state index contributed by atoms with van der Waals surface area (Å²) in [6, 6.07) is 8.57. The van der Waals surface area contributed by atoms with Crippen molar-refractivity contribution in [3.05, 3.63) is 40.9 Å². The summed E-state index contributed by atoms with van der Waals surface area (Å²) in [7, 11) is 4.16. The van der Waals surface area contributed by atoms with Crippen LogP contribution in [0.2, 0.25) is 0 Å². The van der Waals surface area contributed by atoms with E-state index in [1.807, 2.05) is 0 Å². The second-order valence-corrected chi connectivity index (χ2v) is 5.48. The van der Waals surface area contributed by atoms with Gasteiger partial charge < -0.3 is 10.6 Å². The summed E-state index contributed by atoms with van der Waals surface area (Å²) in [5, 5.41) is 3.18. The zero-order chi connectivity index (χ0) is 13.0. The van der Waals surface area contributed by atoms with Gasteiger partial charge >= 0.3 is 0 Å². The van der Waals surface area contributed by atoms with Crippen molar-refractivity contribution in [2.24, 2.45) is 5.73 Å². The molecule has 0 aliphatic rings. The van der Waals surface area contributed by atoms with Crippen LogP contribution in [0.3, 0.4) is 0 Å². The summed E-state index contributed by atoms with van der Waals surface area (Å²) in [6.45, 7) is 1.61. The Morgan fingerprint density at radius 1 is 1.33 bits per heavy atom. The number of benzene rings is 1. The fraction of sp³-hybridized carbons (Fsp3) is 0.357. The lowest BCUT2D eigenvalue weighted by atomic mass is 10.1. The molecule has 0 unspecified atom stereocenters. The maximum absolute atomic E-state index is 5.55. The van der Waals surface area contributed by atoms with Crippen LogP contribution < -0.4 is 5.73 Å². The summed E-state index contributed by atoms with van der Waals surface area (Å²) in [5.74, 6) is 0. The lowest BCUT2D eigenvalue weighted by molar-refractivity contribution is 0.402. The van der Waals surface area contributed by atoms with Crippen molar-refractivity contribution >= 4 is 11.3 Å². The highest BCUT2D eigenvalue weighted by Crippen LogP contribution is 2.24. The SMILES string of the molecule is CN(C)Cc1cccc(-c2nc(CCN)cs2)c1. The van der Waals surface area contributed by atoms with Gasteiger partial charge in [0.05, 0.1) is 5.69 Å². The molecule has 0 saturated carbocycles. The van der Waals surface area contributed by atoms with E-state index in [9.17, 15) is 0 Å². The van der Waals surface area contributed by atoms with Gasteiger partial charge in [-0.2, -0.15) is 0 Å². The van der Waals surface area contributed by atoms with E-state index in [4.69, 9.17) is 5.73 Å². The van der Waals surface area contributed by atoms with Crippen LogP contribution in [0, 0.1) is 0 Å². The number of hydrogen-bond acceptors (Lipinski definition) is 4. The molecule has 1 aromatic heterocycles. The van der Waals surface area contributed by atoms with E-state index in [0.717, 1.165) is 23.7 Å². The average Bonchev–Trinajstić information content (AvgIpc) is 2.78. The molecule has 0 fully saturated rings. The maximum Gasteiger partial charge on any atom is 0.123 e. The minimum absolute atomic E-state index is 0.657. The maximum atomic E-state index is 5.55. The molecule has 0 saturated heterocycles. The number of rotatable bonds is 5. The van der Waals surface area contributed by atoms with Gasteiger partial charge in [-0.05, 0) is 32.3 Å².